The zero-order valence-corrected chi connectivity index (χ0v) is 12.2. The van der Waals surface area contributed by atoms with Crippen molar-refractivity contribution < 1.29 is 5.11 Å². The third-order valence-electron chi connectivity index (χ3n) is 3.25. The first-order chi connectivity index (χ1) is 9.63. The van der Waals surface area contributed by atoms with E-state index in [1.165, 1.54) is 4.88 Å². The quantitative estimate of drug-likeness (QED) is 0.803. The van der Waals surface area contributed by atoms with Crippen LogP contribution in [0.4, 0.5) is 0 Å². The highest BCUT2D eigenvalue weighted by Gasteiger charge is 2.14. The van der Waals surface area contributed by atoms with Gasteiger partial charge in [-0.3, -0.25) is 4.98 Å². The van der Waals surface area contributed by atoms with Crippen molar-refractivity contribution in [3.05, 3.63) is 51.7 Å². The van der Waals surface area contributed by atoms with E-state index in [-0.39, 0.29) is 0 Å². The molecule has 0 amide bonds. The molecule has 0 saturated carbocycles. The largest absolute Gasteiger partial charge is 0.386 e. The summed E-state index contributed by atoms with van der Waals surface area (Å²) < 4.78 is 0. The molecule has 0 radical (unpaired) electrons. The number of thiazole rings is 1. The number of aliphatic hydroxyl groups is 1. The van der Waals surface area contributed by atoms with Crippen LogP contribution in [-0.4, -0.2) is 20.1 Å². The summed E-state index contributed by atoms with van der Waals surface area (Å²) in [5.74, 6) is 0. The van der Waals surface area contributed by atoms with Crippen LogP contribution in [-0.2, 0) is 6.42 Å². The molecule has 0 bridgehead atoms. The lowest BCUT2D eigenvalue weighted by Gasteiger charge is -2.08. The van der Waals surface area contributed by atoms with Gasteiger partial charge in [0.15, 0.2) is 0 Å². The number of aliphatic hydroxyl groups excluding tert-OH is 1. The van der Waals surface area contributed by atoms with Gasteiger partial charge >= 0.3 is 0 Å². The van der Waals surface area contributed by atoms with Crippen LogP contribution in [0.3, 0.4) is 0 Å². The number of hydrogen-bond donors (Lipinski definition) is 1. The van der Waals surface area contributed by atoms with Crippen LogP contribution in [0.5, 0.6) is 0 Å². The molecule has 2 heterocycles. The fourth-order valence-corrected chi connectivity index (χ4v) is 3.00. The Labute approximate surface area is 121 Å². The van der Waals surface area contributed by atoms with Crippen molar-refractivity contribution in [2.75, 3.05) is 0 Å². The van der Waals surface area contributed by atoms with E-state index in [0.717, 1.165) is 21.7 Å². The van der Waals surface area contributed by atoms with Crippen LogP contribution < -0.4 is 0 Å². The Balaban J connectivity index is 1.86. The Morgan fingerprint density at radius 3 is 2.60 bits per heavy atom. The van der Waals surface area contributed by atoms with E-state index in [9.17, 15) is 5.11 Å². The summed E-state index contributed by atoms with van der Waals surface area (Å²) in [5, 5.41) is 11.2. The number of para-hydroxylation sites is 2. The second-order valence-corrected chi connectivity index (χ2v) is 6.04. The lowest BCUT2D eigenvalue weighted by molar-refractivity contribution is 0.173. The predicted molar refractivity (Wildman–Crippen MR) is 79.8 cm³/mol. The van der Waals surface area contributed by atoms with Crippen LogP contribution in [0.2, 0.25) is 0 Å². The Kier molecular flexibility index (Phi) is 3.46. The summed E-state index contributed by atoms with van der Waals surface area (Å²) in [7, 11) is 0. The van der Waals surface area contributed by atoms with E-state index < -0.39 is 6.10 Å². The fourth-order valence-electron chi connectivity index (χ4n) is 2.03. The predicted octanol–water partition coefficient (Wildman–Crippen LogP) is 2.98. The van der Waals surface area contributed by atoms with E-state index in [1.54, 1.807) is 17.5 Å². The maximum absolute atomic E-state index is 10.3. The third-order valence-corrected chi connectivity index (χ3v) is 4.34. The van der Waals surface area contributed by atoms with E-state index in [2.05, 4.69) is 15.0 Å². The monoisotopic (exact) mass is 285 g/mol. The molecule has 0 saturated heterocycles. The molecule has 4 nitrogen and oxygen atoms in total. The van der Waals surface area contributed by atoms with Gasteiger partial charge in [0.2, 0.25) is 0 Å². The molecule has 1 aromatic carbocycles. The van der Waals surface area contributed by atoms with Gasteiger partial charge in [-0.1, -0.05) is 12.1 Å². The van der Waals surface area contributed by atoms with Crippen molar-refractivity contribution in [2.45, 2.75) is 26.4 Å². The zero-order chi connectivity index (χ0) is 14.1. The number of benzene rings is 1. The summed E-state index contributed by atoms with van der Waals surface area (Å²) >= 11 is 1.62. The van der Waals surface area contributed by atoms with E-state index in [4.69, 9.17) is 0 Å². The zero-order valence-electron chi connectivity index (χ0n) is 11.4. The molecule has 1 atom stereocenters. The topological polar surface area (TPSA) is 58.9 Å². The lowest BCUT2D eigenvalue weighted by atomic mass is 10.2. The molecule has 20 heavy (non-hydrogen) atoms. The summed E-state index contributed by atoms with van der Waals surface area (Å²) in [6.45, 7) is 4.02. The van der Waals surface area contributed by atoms with Gasteiger partial charge in [0.25, 0.3) is 0 Å². The maximum atomic E-state index is 10.3. The van der Waals surface area contributed by atoms with Crippen LogP contribution in [0.1, 0.15) is 27.4 Å². The molecule has 2 aromatic heterocycles. The highest BCUT2D eigenvalue weighted by Crippen LogP contribution is 2.23. The van der Waals surface area contributed by atoms with Crippen LogP contribution in [0.25, 0.3) is 11.0 Å². The minimum atomic E-state index is -0.669. The molecule has 0 fully saturated rings. The second-order valence-electron chi connectivity index (χ2n) is 4.75. The molecule has 3 rings (SSSR count). The standard InChI is InChI=1S/C15H15N3OS/c1-9-10(2)20-15(17-9)7-14(19)13-8-16-11-5-3-4-6-12(11)18-13/h3-6,8,14,19H,7H2,1-2H3. The van der Waals surface area contributed by atoms with Gasteiger partial charge in [-0.2, -0.15) is 0 Å². The van der Waals surface area contributed by atoms with Gasteiger partial charge in [0.05, 0.1) is 33.6 Å². The molecular weight excluding hydrogens is 270 g/mol. The average Bonchev–Trinajstić information content (AvgIpc) is 2.76. The van der Waals surface area contributed by atoms with Crippen LogP contribution in [0.15, 0.2) is 30.5 Å². The van der Waals surface area contributed by atoms with Crippen molar-refractivity contribution >= 4 is 22.4 Å². The molecule has 1 unspecified atom stereocenters. The Morgan fingerprint density at radius 2 is 1.90 bits per heavy atom. The summed E-state index contributed by atoms with van der Waals surface area (Å²) in [6.07, 6.45) is 1.45. The number of aryl methyl sites for hydroxylation is 2. The second kappa shape index (κ2) is 5.26. The smallest absolute Gasteiger partial charge is 0.104 e. The first-order valence-electron chi connectivity index (χ1n) is 6.46. The van der Waals surface area contributed by atoms with Gasteiger partial charge in [0, 0.05) is 11.3 Å². The first-order valence-corrected chi connectivity index (χ1v) is 7.28. The molecule has 5 heteroatoms. The van der Waals surface area contributed by atoms with Crippen molar-refractivity contribution in [1.82, 2.24) is 15.0 Å². The summed E-state index contributed by atoms with van der Waals surface area (Å²) in [5.41, 5.74) is 3.26. The SMILES string of the molecule is Cc1nc(CC(O)c2cnc3ccccc3n2)sc1C. The van der Waals surface area contributed by atoms with E-state index in [1.807, 2.05) is 38.1 Å². The van der Waals surface area contributed by atoms with Crippen molar-refractivity contribution in [2.24, 2.45) is 0 Å². The highest BCUT2D eigenvalue weighted by atomic mass is 32.1. The Bertz CT molecular complexity index is 734. The molecule has 0 aliphatic heterocycles. The van der Waals surface area contributed by atoms with Gasteiger partial charge < -0.3 is 5.11 Å². The number of aromatic nitrogens is 3. The third kappa shape index (κ3) is 2.55. The first kappa shape index (κ1) is 13.1. The molecule has 102 valence electrons. The average molecular weight is 285 g/mol. The van der Waals surface area contributed by atoms with Crippen LogP contribution >= 0.6 is 11.3 Å². The molecule has 0 aliphatic rings. The normalized spacial score (nSPS) is 12.8. The number of hydrogen-bond acceptors (Lipinski definition) is 5. The maximum Gasteiger partial charge on any atom is 0.104 e. The molecular formula is C15H15N3OS. The van der Waals surface area contributed by atoms with Gasteiger partial charge in [0.1, 0.15) is 6.10 Å². The van der Waals surface area contributed by atoms with Crippen LogP contribution in [0, 0.1) is 13.8 Å². The number of rotatable bonds is 3. The van der Waals surface area contributed by atoms with Crippen molar-refractivity contribution in [3.8, 4) is 0 Å². The molecule has 0 aliphatic carbocycles. The summed E-state index contributed by atoms with van der Waals surface area (Å²) in [6, 6.07) is 7.65. The molecule has 0 spiro atoms. The van der Waals surface area contributed by atoms with Gasteiger partial charge in [-0.25, -0.2) is 9.97 Å². The highest BCUT2D eigenvalue weighted by molar-refractivity contribution is 7.11. The minimum absolute atomic E-state index is 0.479. The minimum Gasteiger partial charge on any atom is -0.386 e. The lowest BCUT2D eigenvalue weighted by Crippen LogP contribution is -2.05. The summed E-state index contributed by atoms with van der Waals surface area (Å²) in [4.78, 5) is 14.4. The van der Waals surface area contributed by atoms with Gasteiger partial charge in [-0.05, 0) is 26.0 Å². The molecule has 1 N–H and O–H groups in total. The van der Waals surface area contributed by atoms with Gasteiger partial charge in [-0.15, -0.1) is 11.3 Å². The molecule has 3 aromatic rings. The Morgan fingerprint density at radius 1 is 1.15 bits per heavy atom. The Hall–Kier alpha value is -1.85. The fraction of sp³-hybridized carbons (Fsp3) is 0.267. The van der Waals surface area contributed by atoms with E-state index >= 15 is 0 Å². The van der Waals surface area contributed by atoms with Crippen molar-refractivity contribution in [1.29, 1.82) is 0 Å². The van der Waals surface area contributed by atoms with E-state index in [0.29, 0.717) is 12.1 Å². The number of fused-ring (bicyclic) bond motifs is 1. The number of nitrogens with zero attached hydrogens (tertiary/aromatic N) is 3. The van der Waals surface area contributed by atoms with Crippen molar-refractivity contribution in [3.63, 3.8) is 0 Å².